The highest BCUT2D eigenvalue weighted by molar-refractivity contribution is 7.08. The van der Waals surface area contributed by atoms with Crippen LogP contribution in [0.3, 0.4) is 0 Å². The molecule has 0 aliphatic heterocycles. The highest BCUT2D eigenvalue weighted by Gasteiger charge is 2.24. The molecule has 0 aliphatic rings. The fourth-order valence-electron chi connectivity index (χ4n) is 1.25. The van der Waals surface area contributed by atoms with Crippen molar-refractivity contribution in [2.75, 3.05) is 6.54 Å². The lowest BCUT2D eigenvalue weighted by atomic mass is 9.99. The van der Waals surface area contributed by atoms with Crippen LogP contribution in [-0.2, 0) is 15.2 Å². The van der Waals surface area contributed by atoms with E-state index in [1.807, 2.05) is 10.8 Å². The Kier molecular flexibility index (Phi) is 4.65. The van der Waals surface area contributed by atoms with E-state index in [0.717, 1.165) is 5.56 Å². The van der Waals surface area contributed by atoms with E-state index in [2.05, 4.69) is 5.32 Å². The number of carbonyl (C=O) groups excluding carboxylic acids is 1. The summed E-state index contributed by atoms with van der Waals surface area (Å²) in [6.07, 6.45) is -0.276. The summed E-state index contributed by atoms with van der Waals surface area (Å²) in [5.74, 6) is -1.38. The van der Waals surface area contributed by atoms with Crippen molar-refractivity contribution in [3.8, 4) is 0 Å². The van der Waals surface area contributed by atoms with Gasteiger partial charge >= 0.3 is 5.97 Å². The average Bonchev–Trinajstić information content (AvgIpc) is 2.77. The Hall–Kier alpha value is -1.40. The Bertz CT molecular complexity index is 386. The molecule has 1 atom stereocenters. The first-order valence-electron chi connectivity index (χ1n) is 5.15. The Morgan fingerprint density at radius 2 is 2.18 bits per heavy atom. The van der Waals surface area contributed by atoms with Gasteiger partial charge in [0.2, 0.25) is 5.91 Å². The van der Waals surface area contributed by atoms with E-state index in [1.165, 1.54) is 11.3 Å². The van der Waals surface area contributed by atoms with Crippen molar-refractivity contribution < 1.29 is 19.8 Å². The minimum atomic E-state index is -1.13. The van der Waals surface area contributed by atoms with E-state index in [1.54, 1.807) is 13.0 Å². The quantitative estimate of drug-likeness (QED) is 0.707. The van der Waals surface area contributed by atoms with Crippen molar-refractivity contribution in [3.63, 3.8) is 0 Å². The van der Waals surface area contributed by atoms with Crippen molar-refractivity contribution in [3.05, 3.63) is 22.4 Å². The first-order chi connectivity index (χ1) is 7.92. The second-order valence-electron chi connectivity index (χ2n) is 3.96. The molecule has 0 spiro atoms. The summed E-state index contributed by atoms with van der Waals surface area (Å²) < 4.78 is 0. The largest absolute Gasteiger partial charge is 0.481 e. The Morgan fingerprint density at radius 3 is 2.71 bits per heavy atom. The maximum atomic E-state index is 11.3. The number of hydrogen-bond acceptors (Lipinski definition) is 4. The monoisotopic (exact) mass is 257 g/mol. The van der Waals surface area contributed by atoms with Gasteiger partial charge in [-0.3, -0.25) is 9.59 Å². The van der Waals surface area contributed by atoms with E-state index in [4.69, 9.17) is 5.11 Å². The van der Waals surface area contributed by atoms with Gasteiger partial charge < -0.3 is 15.5 Å². The number of carboxylic acids is 1. The predicted octanol–water partition coefficient (Wildman–Crippen LogP) is 0.937. The fraction of sp³-hybridized carbons (Fsp3) is 0.455. The molecule has 0 fully saturated rings. The van der Waals surface area contributed by atoms with Gasteiger partial charge in [-0.05, 0) is 29.3 Å². The molecule has 3 N–H and O–H groups in total. The van der Waals surface area contributed by atoms with Gasteiger partial charge in [-0.25, -0.2) is 0 Å². The summed E-state index contributed by atoms with van der Waals surface area (Å²) in [5.41, 5.74) is -0.389. The van der Waals surface area contributed by atoms with Crippen LogP contribution in [0, 0.1) is 0 Å². The highest BCUT2D eigenvalue weighted by atomic mass is 32.1. The summed E-state index contributed by atoms with van der Waals surface area (Å²) in [4.78, 5) is 21.5. The molecule has 17 heavy (non-hydrogen) atoms. The third kappa shape index (κ3) is 4.54. The van der Waals surface area contributed by atoms with Crippen LogP contribution in [0.25, 0.3) is 0 Å². The highest BCUT2D eigenvalue weighted by Crippen LogP contribution is 2.21. The number of amides is 1. The molecule has 1 amide bonds. The van der Waals surface area contributed by atoms with Gasteiger partial charge in [0.25, 0.3) is 0 Å². The van der Waals surface area contributed by atoms with E-state index >= 15 is 0 Å². The van der Waals surface area contributed by atoms with E-state index in [0.29, 0.717) is 0 Å². The van der Waals surface area contributed by atoms with Gasteiger partial charge in [0.15, 0.2) is 0 Å². The molecule has 0 radical (unpaired) electrons. The Morgan fingerprint density at radius 1 is 1.47 bits per heavy atom. The minimum absolute atomic E-state index is 0.0716. The van der Waals surface area contributed by atoms with Gasteiger partial charge in [-0.1, -0.05) is 0 Å². The number of nitrogens with one attached hydrogen (secondary N) is 1. The summed E-state index contributed by atoms with van der Waals surface area (Å²) in [6.45, 7) is 1.68. The molecule has 6 heteroatoms. The second kappa shape index (κ2) is 5.79. The van der Waals surface area contributed by atoms with Gasteiger partial charge in [0.1, 0.15) is 5.60 Å². The van der Waals surface area contributed by atoms with Gasteiger partial charge in [0.05, 0.1) is 13.0 Å². The predicted molar refractivity (Wildman–Crippen MR) is 63.8 cm³/mol. The number of hydrogen-bond donors (Lipinski definition) is 3. The summed E-state index contributed by atoms with van der Waals surface area (Å²) in [7, 11) is 0. The van der Waals surface area contributed by atoms with Crippen molar-refractivity contribution in [2.45, 2.75) is 25.4 Å². The van der Waals surface area contributed by atoms with Crippen LogP contribution in [-0.4, -0.2) is 28.6 Å². The number of carbonyl (C=O) groups is 2. The number of rotatable bonds is 6. The lowest BCUT2D eigenvalue weighted by molar-refractivity contribution is -0.138. The van der Waals surface area contributed by atoms with Crippen molar-refractivity contribution >= 4 is 23.2 Å². The van der Waals surface area contributed by atoms with Crippen LogP contribution in [0.2, 0.25) is 0 Å². The second-order valence-corrected chi connectivity index (χ2v) is 4.74. The normalized spacial score (nSPS) is 14.0. The lowest BCUT2D eigenvalue weighted by Gasteiger charge is -2.22. The molecule has 0 saturated heterocycles. The summed E-state index contributed by atoms with van der Waals surface area (Å²) in [5, 5.41) is 24.7. The van der Waals surface area contributed by atoms with E-state index in [9.17, 15) is 14.7 Å². The van der Waals surface area contributed by atoms with Crippen LogP contribution < -0.4 is 5.32 Å². The van der Waals surface area contributed by atoms with Gasteiger partial charge in [0, 0.05) is 6.42 Å². The van der Waals surface area contributed by atoms with E-state index in [-0.39, 0.29) is 25.3 Å². The molecule has 94 valence electrons. The van der Waals surface area contributed by atoms with Gasteiger partial charge in [-0.2, -0.15) is 11.3 Å². The molecular formula is C11H15NO4S. The summed E-state index contributed by atoms with van der Waals surface area (Å²) >= 11 is 1.46. The maximum Gasteiger partial charge on any atom is 0.303 e. The third-order valence-corrected chi connectivity index (χ3v) is 3.02. The molecule has 0 saturated carbocycles. The fourth-order valence-corrected chi connectivity index (χ4v) is 2.04. The van der Waals surface area contributed by atoms with Crippen LogP contribution in [0.5, 0.6) is 0 Å². The number of thiophene rings is 1. The van der Waals surface area contributed by atoms with Crippen molar-refractivity contribution in [1.29, 1.82) is 0 Å². The average molecular weight is 257 g/mol. The molecule has 5 nitrogen and oxygen atoms in total. The molecule has 1 unspecified atom stereocenters. The van der Waals surface area contributed by atoms with Gasteiger partial charge in [-0.15, -0.1) is 0 Å². The molecule has 1 aromatic heterocycles. The van der Waals surface area contributed by atoms with Crippen LogP contribution in [0.15, 0.2) is 16.8 Å². The first kappa shape index (κ1) is 13.7. The third-order valence-electron chi connectivity index (χ3n) is 2.34. The van der Waals surface area contributed by atoms with Crippen molar-refractivity contribution in [1.82, 2.24) is 5.32 Å². The standard InChI is InChI=1S/C11H15NO4S/c1-11(16,8-4-5-17-6-8)7-12-9(13)2-3-10(14)15/h4-6,16H,2-3,7H2,1H3,(H,12,13)(H,14,15). The molecule has 1 heterocycles. The van der Waals surface area contributed by atoms with Crippen LogP contribution >= 0.6 is 11.3 Å². The van der Waals surface area contributed by atoms with Crippen LogP contribution in [0.4, 0.5) is 0 Å². The zero-order valence-corrected chi connectivity index (χ0v) is 10.3. The number of aliphatic hydroxyl groups is 1. The first-order valence-corrected chi connectivity index (χ1v) is 6.09. The molecule has 1 aromatic rings. The minimum Gasteiger partial charge on any atom is -0.481 e. The van der Waals surface area contributed by atoms with E-state index < -0.39 is 11.6 Å². The Labute approximate surface area is 103 Å². The zero-order valence-electron chi connectivity index (χ0n) is 9.47. The topological polar surface area (TPSA) is 86.6 Å². The summed E-state index contributed by atoms with van der Waals surface area (Å²) in [6, 6.07) is 1.79. The molecule has 0 bridgehead atoms. The zero-order chi connectivity index (χ0) is 12.9. The van der Waals surface area contributed by atoms with Crippen LogP contribution in [0.1, 0.15) is 25.3 Å². The molecule has 1 rings (SSSR count). The molecule has 0 aliphatic carbocycles. The SMILES string of the molecule is CC(O)(CNC(=O)CCC(=O)O)c1ccsc1. The number of carboxylic acid groups (broad SMARTS) is 1. The lowest BCUT2D eigenvalue weighted by Crippen LogP contribution is -2.38. The molecule has 0 aromatic carbocycles. The molecular weight excluding hydrogens is 242 g/mol. The maximum absolute atomic E-state index is 11.3. The Balaban J connectivity index is 2.40. The number of aliphatic carboxylic acids is 1. The smallest absolute Gasteiger partial charge is 0.303 e. The van der Waals surface area contributed by atoms with Crippen molar-refractivity contribution in [2.24, 2.45) is 0 Å².